The fourth-order valence-corrected chi connectivity index (χ4v) is 3.10. The van der Waals surface area contributed by atoms with Gasteiger partial charge < -0.3 is 24.0 Å². The summed E-state index contributed by atoms with van der Waals surface area (Å²) in [6.07, 6.45) is 1.33. The molecule has 0 fully saturated rings. The summed E-state index contributed by atoms with van der Waals surface area (Å²) in [5.74, 6) is 0.877. The lowest BCUT2D eigenvalue weighted by atomic mass is 10.0. The highest BCUT2D eigenvalue weighted by Gasteiger charge is 2.29. The van der Waals surface area contributed by atoms with Gasteiger partial charge in [-0.05, 0) is 37.3 Å². The normalized spacial score (nSPS) is 11.8. The van der Waals surface area contributed by atoms with Crippen LogP contribution in [0.1, 0.15) is 34.8 Å². The first-order valence-corrected chi connectivity index (χ1v) is 9.51. The molecule has 0 saturated carbocycles. The molecule has 1 unspecified atom stereocenters. The van der Waals surface area contributed by atoms with Gasteiger partial charge in [0.2, 0.25) is 0 Å². The largest absolute Gasteiger partial charge is 0.493 e. The molecule has 1 aromatic carbocycles. The third-order valence-electron chi connectivity index (χ3n) is 4.74. The van der Waals surface area contributed by atoms with Crippen molar-refractivity contribution >= 4 is 5.91 Å². The second-order valence-electron chi connectivity index (χ2n) is 6.81. The molecule has 2 heterocycles. The number of aliphatic hydroxyl groups excluding tert-OH is 1. The molecule has 0 aliphatic carbocycles. The van der Waals surface area contributed by atoms with Crippen LogP contribution in [0.15, 0.2) is 47.1 Å². The Kier molecular flexibility index (Phi) is 6.68. The van der Waals surface area contributed by atoms with Crippen molar-refractivity contribution in [3.63, 3.8) is 0 Å². The Labute approximate surface area is 175 Å². The van der Waals surface area contributed by atoms with Gasteiger partial charge in [-0.25, -0.2) is 0 Å². The molecular formula is C22H25N3O5. The molecule has 0 spiro atoms. The molecule has 0 radical (unpaired) electrons. The van der Waals surface area contributed by atoms with Gasteiger partial charge in [0.05, 0.1) is 14.2 Å². The number of aliphatic hydroxyl groups is 1. The third kappa shape index (κ3) is 4.44. The van der Waals surface area contributed by atoms with Gasteiger partial charge in [0.15, 0.2) is 17.3 Å². The predicted octanol–water partition coefficient (Wildman–Crippen LogP) is 3.12. The van der Waals surface area contributed by atoms with Crippen molar-refractivity contribution in [2.24, 2.45) is 0 Å². The first kappa shape index (κ1) is 21.3. The fraction of sp³-hybridized carbons (Fsp3) is 0.318. The maximum absolute atomic E-state index is 13.3. The van der Waals surface area contributed by atoms with Crippen LogP contribution in [0.2, 0.25) is 0 Å². The molecule has 0 bridgehead atoms. The number of hydrogen-bond acceptors (Lipinski definition) is 7. The summed E-state index contributed by atoms with van der Waals surface area (Å²) in [7, 11) is 4.77. The minimum atomic E-state index is -0.991. The maximum Gasteiger partial charge on any atom is 0.259 e. The van der Waals surface area contributed by atoms with E-state index in [1.54, 1.807) is 43.5 Å². The van der Waals surface area contributed by atoms with Gasteiger partial charge in [0.1, 0.15) is 17.4 Å². The lowest BCUT2D eigenvalue weighted by Crippen LogP contribution is -2.30. The summed E-state index contributed by atoms with van der Waals surface area (Å²) in [5.41, 5.74) is 2.06. The van der Waals surface area contributed by atoms with Crippen LogP contribution in [0, 0.1) is 0 Å². The Morgan fingerprint density at radius 3 is 2.60 bits per heavy atom. The van der Waals surface area contributed by atoms with E-state index in [4.69, 9.17) is 14.0 Å². The molecule has 8 nitrogen and oxygen atoms in total. The van der Waals surface area contributed by atoms with E-state index in [0.29, 0.717) is 35.7 Å². The van der Waals surface area contributed by atoms with Crippen LogP contribution in [0.4, 0.5) is 0 Å². The Morgan fingerprint density at radius 1 is 1.20 bits per heavy atom. The smallest absolute Gasteiger partial charge is 0.259 e. The van der Waals surface area contributed by atoms with Gasteiger partial charge in [-0.1, -0.05) is 11.2 Å². The summed E-state index contributed by atoms with van der Waals surface area (Å²) in [6, 6.07) is 10.9. The number of rotatable bonds is 8. The number of likely N-dealkylation sites (N-methyl/N-ethyl adjacent to an activating group) is 1. The number of nitrogens with zero attached hydrogens (tertiary/aromatic N) is 3. The molecule has 158 valence electrons. The Balaban J connectivity index is 1.93. The lowest BCUT2D eigenvalue weighted by Gasteiger charge is -2.18. The first-order chi connectivity index (χ1) is 14.5. The number of amides is 1. The van der Waals surface area contributed by atoms with E-state index in [9.17, 15) is 9.90 Å². The topological polar surface area (TPSA) is 97.9 Å². The number of benzene rings is 1. The summed E-state index contributed by atoms with van der Waals surface area (Å²) in [6.45, 7) is 1.98. The van der Waals surface area contributed by atoms with Crippen LogP contribution in [0.3, 0.4) is 0 Å². The number of pyridine rings is 1. The Bertz CT molecular complexity index is 1000. The van der Waals surface area contributed by atoms with E-state index in [2.05, 4.69) is 10.1 Å². The van der Waals surface area contributed by atoms with E-state index in [1.165, 1.54) is 14.0 Å². The summed E-state index contributed by atoms with van der Waals surface area (Å²) >= 11 is 0. The highest BCUT2D eigenvalue weighted by atomic mass is 16.5. The van der Waals surface area contributed by atoms with Crippen molar-refractivity contribution in [1.82, 2.24) is 15.0 Å². The molecule has 0 aliphatic heterocycles. The number of carbonyl (C=O) groups excluding carboxylic acids is 1. The zero-order valence-electron chi connectivity index (χ0n) is 17.5. The molecule has 1 N–H and O–H groups in total. The van der Waals surface area contributed by atoms with Crippen molar-refractivity contribution in [2.75, 3.05) is 27.8 Å². The molecule has 1 atom stereocenters. The third-order valence-corrected chi connectivity index (χ3v) is 4.74. The standard InChI is InChI=1S/C22H25N3O5/c1-14(26)21-19(22(27)25(2)12-10-16-7-5-6-11-23-16)20(24-30-21)15-8-9-17(28-3)18(13-15)29-4/h5-9,11,13-14,26H,10,12H2,1-4H3. The molecule has 0 saturated heterocycles. The zero-order valence-corrected chi connectivity index (χ0v) is 17.5. The molecule has 1 amide bonds. The van der Waals surface area contributed by atoms with E-state index in [0.717, 1.165) is 5.69 Å². The average Bonchev–Trinajstić information content (AvgIpc) is 3.22. The number of ether oxygens (including phenoxy) is 2. The Morgan fingerprint density at radius 2 is 1.97 bits per heavy atom. The predicted molar refractivity (Wildman–Crippen MR) is 111 cm³/mol. The minimum Gasteiger partial charge on any atom is -0.493 e. The van der Waals surface area contributed by atoms with Gasteiger partial charge in [0, 0.05) is 37.5 Å². The molecule has 0 aliphatic rings. The summed E-state index contributed by atoms with van der Waals surface area (Å²) in [5, 5.41) is 14.2. The zero-order chi connectivity index (χ0) is 21.7. The van der Waals surface area contributed by atoms with Crippen LogP contribution in [-0.4, -0.2) is 53.9 Å². The monoisotopic (exact) mass is 411 g/mol. The van der Waals surface area contributed by atoms with Crippen molar-refractivity contribution in [1.29, 1.82) is 0 Å². The first-order valence-electron chi connectivity index (χ1n) is 9.51. The van der Waals surface area contributed by atoms with Gasteiger partial charge >= 0.3 is 0 Å². The second-order valence-corrected chi connectivity index (χ2v) is 6.81. The quantitative estimate of drug-likeness (QED) is 0.608. The molecule has 2 aromatic heterocycles. The minimum absolute atomic E-state index is 0.120. The summed E-state index contributed by atoms with van der Waals surface area (Å²) in [4.78, 5) is 19.1. The fourth-order valence-electron chi connectivity index (χ4n) is 3.10. The number of methoxy groups -OCH3 is 2. The Hall–Kier alpha value is -3.39. The van der Waals surface area contributed by atoms with E-state index in [-0.39, 0.29) is 17.2 Å². The molecule has 8 heteroatoms. The van der Waals surface area contributed by atoms with Crippen LogP contribution in [0.5, 0.6) is 11.5 Å². The van der Waals surface area contributed by atoms with Crippen molar-refractivity contribution in [2.45, 2.75) is 19.4 Å². The highest BCUT2D eigenvalue weighted by Crippen LogP contribution is 2.35. The maximum atomic E-state index is 13.3. The number of aromatic nitrogens is 2. The van der Waals surface area contributed by atoms with Gasteiger partial charge in [-0.15, -0.1) is 0 Å². The van der Waals surface area contributed by atoms with Crippen LogP contribution in [-0.2, 0) is 6.42 Å². The van der Waals surface area contributed by atoms with Crippen molar-refractivity contribution in [3.05, 3.63) is 59.6 Å². The van der Waals surface area contributed by atoms with Crippen molar-refractivity contribution in [3.8, 4) is 22.8 Å². The van der Waals surface area contributed by atoms with Crippen LogP contribution < -0.4 is 9.47 Å². The summed E-state index contributed by atoms with van der Waals surface area (Å²) < 4.78 is 16.0. The van der Waals surface area contributed by atoms with E-state index < -0.39 is 6.10 Å². The van der Waals surface area contributed by atoms with E-state index >= 15 is 0 Å². The van der Waals surface area contributed by atoms with Crippen molar-refractivity contribution < 1.29 is 23.9 Å². The lowest BCUT2D eigenvalue weighted by molar-refractivity contribution is 0.0784. The molecule has 30 heavy (non-hydrogen) atoms. The second kappa shape index (κ2) is 9.41. The van der Waals surface area contributed by atoms with Crippen LogP contribution >= 0.6 is 0 Å². The highest BCUT2D eigenvalue weighted by molar-refractivity contribution is 6.01. The van der Waals surface area contributed by atoms with E-state index in [1.807, 2.05) is 18.2 Å². The van der Waals surface area contributed by atoms with Gasteiger partial charge in [-0.2, -0.15) is 0 Å². The number of hydrogen-bond donors (Lipinski definition) is 1. The SMILES string of the molecule is COc1ccc(-c2noc(C(C)O)c2C(=O)N(C)CCc2ccccn2)cc1OC. The van der Waals surface area contributed by atoms with Gasteiger partial charge in [0.25, 0.3) is 5.91 Å². The number of carbonyl (C=O) groups is 1. The molecule has 3 aromatic rings. The molecule has 3 rings (SSSR count). The molecular weight excluding hydrogens is 386 g/mol. The van der Waals surface area contributed by atoms with Crippen LogP contribution in [0.25, 0.3) is 11.3 Å². The average molecular weight is 411 g/mol. The van der Waals surface area contributed by atoms with Gasteiger partial charge in [-0.3, -0.25) is 9.78 Å².